The van der Waals surface area contributed by atoms with Crippen molar-refractivity contribution in [1.29, 1.82) is 0 Å². The first-order valence-electron chi connectivity index (χ1n) is 6.81. The summed E-state index contributed by atoms with van der Waals surface area (Å²) in [7, 11) is 0. The van der Waals surface area contributed by atoms with E-state index in [1.165, 1.54) is 12.1 Å². The molecule has 0 amide bonds. The van der Waals surface area contributed by atoms with Crippen molar-refractivity contribution in [3.63, 3.8) is 0 Å². The van der Waals surface area contributed by atoms with Crippen LogP contribution in [-0.2, 0) is 6.42 Å². The van der Waals surface area contributed by atoms with Crippen molar-refractivity contribution in [2.45, 2.75) is 26.3 Å². The van der Waals surface area contributed by atoms with Gasteiger partial charge in [0.25, 0.3) is 0 Å². The van der Waals surface area contributed by atoms with Crippen molar-refractivity contribution in [2.75, 3.05) is 6.54 Å². The highest BCUT2D eigenvalue weighted by Gasteiger charge is 2.19. The summed E-state index contributed by atoms with van der Waals surface area (Å²) in [6.07, 6.45) is 1.98. The monoisotopic (exact) mass is 354 g/mol. The summed E-state index contributed by atoms with van der Waals surface area (Å²) in [6, 6.07) is 6.31. The predicted molar refractivity (Wildman–Crippen MR) is 83.2 cm³/mol. The van der Waals surface area contributed by atoms with Crippen LogP contribution in [0.1, 0.15) is 29.8 Å². The molecule has 0 fully saturated rings. The van der Waals surface area contributed by atoms with Gasteiger partial charge in [-0.2, -0.15) is 0 Å². The molecule has 0 aliphatic carbocycles. The van der Waals surface area contributed by atoms with Crippen LogP contribution in [0.4, 0.5) is 8.78 Å². The van der Waals surface area contributed by atoms with Crippen molar-refractivity contribution in [1.82, 2.24) is 10.3 Å². The Kier molecular flexibility index (Phi) is 5.42. The molecular weight excluding hydrogens is 338 g/mol. The quantitative estimate of drug-likeness (QED) is 0.808. The maximum atomic E-state index is 14.1. The normalized spacial score (nSPS) is 12.4. The van der Waals surface area contributed by atoms with Gasteiger partial charge in [0.15, 0.2) is 0 Å². The lowest BCUT2D eigenvalue weighted by molar-refractivity contribution is 0.496. The minimum absolute atomic E-state index is 0.0795. The Labute approximate surface area is 131 Å². The van der Waals surface area contributed by atoms with Gasteiger partial charge in [-0.1, -0.05) is 13.0 Å². The minimum atomic E-state index is -0.544. The zero-order valence-corrected chi connectivity index (χ0v) is 13.5. The molecule has 0 saturated carbocycles. The van der Waals surface area contributed by atoms with E-state index in [1.54, 1.807) is 6.20 Å². The summed E-state index contributed by atoms with van der Waals surface area (Å²) in [5.41, 5.74) is 1.91. The van der Waals surface area contributed by atoms with Crippen LogP contribution in [0.2, 0.25) is 0 Å². The zero-order valence-electron chi connectivity index (χ0n) is 12.0. The molecule has 0 saturated heterocycles. The van der Waals surface area contributed by atoms with E-state index in [4.69, 9.17) is 0 Å². The number of aryl methyl sites for hydroxylation is 1. The lowest BCUT2D eigenvalue weighted by Gasteiger charge is -2.19. The van der Waals surface area contributed by atoms with Crippen molar-refractivity contribution in [3.8, 4) is 0 Å². The van der Waals surface area contributed by atoms with E-state index in [1.807, 2.05) is 26.0 Å². The molecule has 1 unspecified atom stereocenters. The van der Waals surface area contributed by atoms with Gasteiger partial charge in [0.2, 0.25) is 0 Å². The van der Waals surface area contributed by atoms with Crippen LogP contribution in [0.25, 0.3) is 0 Å². The molecular formula is C16H17BrF2N2. The molecule has 1 N–H and O–H groups in total. The first-order valence-corrected chi connectivity index (χ1v) is 7.60. The first-order chi connectivity index (χ1) is 10.0. The highest BCUT2D eigenvalue weighted by molar-refractivity contribution is 9.10. The second-order valence-corrected chi connectivity index (χ2v) is 5.72. The summed E-state index contributed by atoms with van der Waals surface area (Å²) in [5.74, 6) is -1.07. The highest BCUT2D eigenvalue weighted by Crippen LogP contribution is 2.26. The van der Waals surface area contributed by atoms with E-state index in [-0.39, 0.29) is 22.5 Å². The fourth-order valence-corrected chi connectivity index (χ4v) is 2.57. The van der Waals surface area contributed by atoms with Gasteiger partial charge in [0.1, 0.15) is 11.6 Å². The molecule has 112 valence electrons. The van der Waals surface area contributed by atoms with Crippen molar-refractivity contribution < 1.29 is 8.78 Å². The van der Waals surface area contributed by atoms with Gasteiger partial charge in [0.05, 0.1) is 4.47 Å². The summed E-state index contributed by atoms with van der Waals surface area (Å²) >= 11 is 3.10. The van der Waals surface area contributed by atoms with E-state index in [2.05, 4.69) is 26.2 Å². The molecule has 2 rings (SSSR count). The first kappa shape index (κ1) is 16.0. The number of rotatable bonds is 5. The molecule has 2 nitrogen and oxygen atoms in total. The molecule has 5 heteroatoms. The van der Waals surface area contributed by atoms with Gasteiger partial charge in [-0.25, -0.2) is 8.78 Å². The van der Waals surface area contributed by atoms with Crippen LogP contribution in [0, 0.1) is 18.6 Å². The second kappa shape index (κ2) is 7.09. The fourth-order valence-electron chi connectivity index (χ4n) is 2.20. The maximum absolute atomic E-state index is 14.1. The van der Waals surface area contributed by atoms with E-state index in [0.29, 0.717) is 6.54 Å². The van der Waals surface area contributed by atoms with Crippen LogP contribution in [0.5, 0.6) is 0 Å². The third kappa shape index (κ3) is 3.86. The Balaban J connectivity index is 2.32. The van der Waals surface area contributed by atoms with Crippen molar-refractivity contribution in [3.05, 3.63) is 63.4 Å². The second-order valence-electron chi connectivity index (χ2n) is 4.87. The summed E-state index contributed by atoms with van der Waals surface area (Å²) in [5, 5.41) is 3.25. The van der Waals surface area contributed by atoms with Crippen LogP contribution in [0.15, 0.2) is 34.9 Å². The number of hydrogen-bond donors (Lipinski definition) is 1. The van der Waals surface area contributed by atoms with Crippen LogP contribution in [0.3, 0.4) is 0 Å². The van der Waals surface area contributed by atoms with Crippen LogP contribution >= 0.6 is 15.9 Å². The number of pyridine rings is 1. The molecule has 0 bridgehead atoms. The van der Waals surface area contributed by atoms with E-state index >= 15 is 0 Å². The van der Waals surface area contributed by atoms with E-state index in [9.17, 15) is 8.78 Å². The molecule has 1 aromatic heterocycles. The number of aromatic nitrogens is 1. The SMILES string of the molecule is CCNC(Cc1c(F)ccc(Br)c1F)c1ccc(C)nc1. The standard InChI is InChI=1S/C16H17BrF2N2/c1-3-20-15(11-5-4-10(2)21-9-11)8-12-14(18)7-6-13(17)16(12)19/h4-7,9,15,20H,3,8H2,1-2H3. The van der Waals surface area contributed by atoms with Gasteiger partial charge in [-0.05, 0) is 59.6 Å². The summed E-state index contributed by atoms with van der Waals surface area (Å²) in [6.45, 7) is 4.57. The molecule has 0 radical (unpaired) electrons. The van der Waals surface area contributed by atoms with Gasteiger partial charge in [-0.3, -0.25) is 4.98 Å². The topological polar surface area (TPSA) is 24.9 Å². The Morgan fingerprint density at radius 3 is 2.62 bits per heavy atom. The molecule has 21 heavy (non-hydrogen) atoms. The Hall–Kier alpha value is -1.33. The molecule has 0 aliphatic heterocycles. The zero-order chi connectivity index (χ0) is 15.4. The average molecular weight is 355 g/mol. The van der Waals surface area contributed by atoms with E-state index < -0.39 is 11.6 Å². The number of nitrogens with zero attached hydrogens (tertiary/aromatic N) is 1. The fraction of sp³-hybridized carbons (Fsp3) is 0.312. The Morgan fingerprint density at radius 2 is 2.00 bits per heavy atom. The number of hydrogen-bond acceptors (Lipinski definition) is 2. The molecule has 0 spiro atoms. The summed E-state index contributed by atoms with van der Waals surface area (Å²) in [4.78, 5) is 4.25. The molecule has 1 heterocycles. The maximum Gasteiger partial charge on any atom is 0.143 e. The Bertz CT molecular complexity index is 614. The Morgan fingerprint density at radius 1 is 1.24 bits per heavy atom. The largest absolute Gasteiger partial charge is 0.310 e. The highest BCUT2D eigenvalue weighted by atomic mass is 79.9. The van der Waals surface area contributed by atoms with Gasteiger partial charge in [0, 0.05) is 23.5 Å². The van der Waals surface area contributed by atoms with Crippen LogP contribution < -0.4 is 5.32 Å². The van der Waals surface area contributed by atoms with E-state index in [0.717, 1.165) is 11.3 Å². The molecule has 1 aromatic carbocycles. The number of likely N-dealkylation sites (N-methyl/N-ethyl adjacent to an activating group) is 1. The van der Waals surface area contributed by atoms with Crippen LogP contribution in [-0.4, -0.2) is 11.5 Å². The molecule has 0 aliphatic rings. The summed E-state index contributed by atoms with van der Waals surface area (Å²) < 4.78 is 28.3. The average Bonchev–Trinajstić information content (AvgIpc) is 2.47. The smallest absolute Gasteiger partial charge is 0.143 e. The van der Waals surface area contributed by atoms with Crippen molar-refractivity contribution >= 4 is 15.9 Å². The third-order valence-corrected chi connectivity index (χ3v) is 3.95. The van der Waals surface area contributed by atoms with Gasteiger partial charge >= 0.3 is 0 Å². The lowest BCUT2D eigenvalue weighted by atomic mass is 9.99. The van der Waals surface area contributed by atoms with Gasteiger partial charge in [-0.15, -0.1) is 0 Å². The molecule has 1 atom stereocenters. The number of benzene rings is 1. The predicted octanol–water partition coefficient (Wildman–Crippen LogP) is 4.32. The number of nitrogens with one attached hydrogen (secondary N) is 1. The van der Waals surface area contributed by atoms with Crippen molar-refractivity contribution in [2.24, 2.45) is 0 Å². The lowest BCUT2D eigenvalue weighted by Crippen LogP contribution is -2.24. The molecule has 2 aromatic rings. The third-order valence-electron chi connectivity index (χ3n) is 3.33. The number of halogens is 3. The minimum Gasteiger partial charge on any atom is -0.310 e. The van der Waals surface area contributed by atoms with Gasteiger partial charge < -0.3 is 5.32 Å².